The number of ether oxygens (including phenoxy) is 1. The number of aliphatic hydroxyl groups excluding tert-OH is 3. The number of aliphatic carboxylic acids is 1. The van der Waals surface area contributed by atoms with Crippen molar-refractivity contribution in [1.82, 2.24) is 53.2 Å². The Hall–Kier alpha value is -6.48. The number of carboxylic acid groups (broad SMARTS) is 1. The van der Waals surface area contributed by atoms with E-state index in [1.54, 1.807) is 83.1 Å². The van der Waals surface area contributed by atoms with E-state index in [1.807, 2.05) is 0 Å². The lowest BCUT2D eigenvalue weighted by molar-refractivity contribution is -0.158. The van der Waals surface area contributed by atoms with Crippen LogP contribution in [0.2, 0.25) is 0 Å². The molecule has 1 aliphatic heterocycles. The zero-order valence-electron chi connectivity index (χ0n) is 54.5. The van der Waals surface area contributed by atoms with E-state index in [4.69, 9.17) is 4.74 Å². The Balaban J connectivity index is 4.17. The Kier molecular flexibility index (Phi) is 37.0. The van der Waals surface area contributed by atoms with E-state index in [2.05, 4.69) is 60.1 Å². The molecule has 0 spiro atoms. The molecule has 27 heteroatoms. The lowest BCUT2D eigenvalue weighted by Crippen LogP contribution is -2.63. The SMILES string of the molecule is CCCCCCCC(O)CC(=O)NC(CC(C)C)C(=O)NC(CCC(=O)O)C(=O)NC1C(=O)NC(C(C)CC)C(=O)NC(CC(C)C)C(=O)NC(CO)C(=O)NC(CC(C)C)C(=O)NC(CC(C)C)C(=O)NC(CO)C(=O)NC(C(C)CC)C(=O)OC1C. The van der Waals surface area contributed by atoms with Crippen LogP contribution in [0.4, 0.5) is 0 Å². The second kappa shape index (κ2) is 40.9. The Morgan fingerprint density at radius 2 is 0.943 bits per heavy atom. The Labute approximate surface area is 519 Å². The number of nitrogens with one attached hydrogen (secondary N) is 10. The number of carbonyl (C=O) groups excluding carboxylic acids is 11. The van der Waals surface area contributed by atoms with E-state index in [0.29, 0.717) is 12.8 Å². The maximum Gasteiger partial charge on any atom is 0.329 e. The number of unbranched alkanes of at least 4 members (excludes halogenated alkanes) is 4. The first-order chi connectivity index (χ1) is 41.2. The molecule has 1 rings (SSSR count). The van der Waals surface area contributed by atoms with Crippen molar-refractivity contribution in [2.75, 3.05) is 13.2 Å². The highest BCUT2D eigenvalue weighted by Gasteiger charge is 2.41. The highest BCUT2D eigenvalue weighted by molar-refractivity contribution is 5.99. The normalized spacial score (nSPS) is 24.4. The number of carbonyl (C=O) groups is 12. The van der Waals surface area contributed by atoms with Crippen molar-refractivity contribution in [3.05, 3.63) is 0 Å². The van der Waals surface area contributed by atoms with Crippen molar-refractivity contribution in [3.63, 3.8) is 0 Å². The van der Waals surface area contributed by atoms with Crippen molar-refractivity contribution in [1.29, 1.82) is 0 Å². The smallest absolute Gasteiger partial charge is 0.329 e. The van der Waals surface area contributed by atoms with Crippen LogP contribution in [0.15, 0.2) is 0 Å². The fourth-order valence-electron chi connectivity index (χ4n) is 9.75. The van der Waals surface area contributed by atoms with Crippen molar-refractivity contribution in [3.8, 4) is 0 Å². The zero-order valence-corrected chi connectivity index (χ0v) is 54.5. The number of carboxylic acids is 1. The summed E-state index contributed by atoms with van der Waals surface area (Å²) in [5.74, 6) is -14.6. The molecule has 0 aromatic carbocycles. The van der Waals surface area contributed by atoms with Gasteiger partial charge in [0, 0.05) is 6.42 Å². The molecule has 0 radical (unpaired) electrons. The number of hydrogen-bond donors (Lipinski definition) is 14. The summed E-state index contributed by atoms with van der Waals surface area (Å²) in [5, 5.41) is 66.9. The molecule has 1 aliphatic rings. The fraction of sp³-hybridized carbons (Fsp3) is 0.803. The lowest BCUT2D eigenvalue weighted by atomic mass is 9.96. The molecule has 0 aromatic rings. The van der Waals surface area contributed by atoms with Gasteiger partial charge in [-0.25, -0.2) is 4.79 Å². The first-order valence-electron chi connectivity index (χ1n) is 31.6. The number of cyclic esters (lactones) is 1. The van der Waals surface area contributed by atoms with Crippen LogP contribution in [0.25, 0.3) is 0 Å². The lowest BCUT2D eigenvalue weighted by Gasteiger charge is -2.32. The third-order valence-electron chi connectivity index (χ3n) is 15.3. The minimum Gasteiger partial charge on any atom is -0.481 e. The van der Waals surface area contributed by atoms with Gasteiger partial charge in [-0.3, -0.25) is 52.7 Å². The number of esters is 1. The first kappa shape index (κ1) is 79.5. The molecule has 504 valence electrons. The molecular weight excluding hydrogens is 1140 g/mol. The number of amides is 10. The van der Waals surface area contributed by atoms with E-state index in [9.17, 15) is 78.0 Å². The quantitative estimate of drug-likeness (QED) is 0.0353. The number of rotatable bonds is 30. The molecule has 88 heavy (non-hydrogen) atoms. The molecule has 27 nitrogen and oxygen atoms in total. The molecule has 0 bridgehead atoms. The summed E-state index contributed by atoms with van der Waals surface area (Å²) in [4.78, 5) is 169. The molecule has 14 N–H and O–H groups in total. The van der Waals surface area contributed by atoms with Crippen molar-refractivity contribution in [2.45, 2.75) is 266 Å². The van der Waals surface area contributed by atoms with Gasteiger partial charge in [-0.15, -0.1) is 0 Å². The van der Waals surface area contributed by atoms with Crippen molar-refractivity contribution >= 4 is 71.0 Å². The minimum atomic E-state index is -1.99. The van der Waals surface area contributed by atoms with Crippen LogP contribution in [-0.4, -0.2) is 177 Å². The van der Waals surface area contributed by atoms with Gasteiger partial charge in [-0.2, -0.15) is 0 Å². The highest BCUT2D eigenvalue weighted by Crippen LogP contribution is 2.18. The largest absolute Gasteiger partial charge is 0.481 e. The minimum absolute atomic E-state index is 0.00440. The summed E-state index contributed by atoms with van der Waals surface area (Å²) in [5.41, 5.74) is 0. The maximum atomic E-state index is 15.0. The summed E-state index contributed by atoms with van der Waals surface area (Å²) in [6.07, 6.45) is 1.05. The summed E-state index contributed by atoms with van der Waals surface area (Å²) >= 11 is 0. The summed E-state index contributed by atoms with van der Waals surface area (Å²) in [6, 6.07) is -15.7. The standard InChI is InChI=1S/C61H108N10O17/c1-15-18-19-20-21-22-39(74)29-47(75)62-41(25-32(4)5)53(79)63-40(23-24-48(76)77)52(78)71-51-38(14)88-61(87)50(37(13)17-3)70-58(84)46(31-73)68-55(81)43(27-34(8)9)64-54(80)42(26-33(6)7)65-57(83)45(30-72)67-56(82)44(28-35(10)11)66-59(85)49(36(12)16-2)69-60(51)86/h32-46,49-51,72-74H,15-31H2,1-14H3,(H,62,75)(H,63,79)(H,64,80)(H,65,83)(H,66,85)(H,67,82)(H,68,81)(H,69,86)(H,70,84)(H,71,78)(H,76,77). The highest BCUT2D eigenvalue weighted by atomic mass is 16.5. The third kappa shape index (κ3) is 29.2. The number of hydrogen-bond acceptors (Lipinski definition) is 16. The Bertz CT molecular complexity index is 2290. The summed E-state index contributed by atoms with van der Waals surface area (Å²) < 4.78 is 5.90. The Morgan fingerprint density at radius 3 is 1.39 bits per heavy atom. The topological polar surface area (TPSA) is 415 Å². The predicted molar refractivity (Wildman–Crippen MR) is 327 cm³/mol. The van der Waals surface area contributed by atoms with Crippen LogP contribution in [0, 0.1) is 35.5 Å². The van der Waals surface area contributed by atoms with E-state index in [-0.39, 0.29) is 68.6 Å². The van der Waals surface area contributed by atoms with Crippen LogP contribution in [0.1, 0.15) is 193 Å². The molecule has 0 aliphatic carbocycles. The molecule has 0 aromatic heterocycles. The van der Waals surface area contributed by atoms with Gasteiger partial charge in [-0.05, 0) is 81.0 Å². The molecule has 14 unspecified atom stereocenters. The average molecular weight is 1250 g/mol. The molecule has 1 fully saturated rings. The second-order valence-electron chi connectivity index (χ2n) is 25.2. The van der Waals surface area contributed by atoms with E-state index < -0.39 is 182 Å². The molecule has 1 saturated heterocycles. The summed E-state index contributed by atoms with van der Waals surface area (Å²) in [7, 11) is 0. The van der Waals surface area contributed by atoms with Crippen LogP contribution in [0.3, 0.4) is 0 Å². The van der Waals surface area contributed by atoms with Gasteiger partial charge in [0.15, 0.2) is 0 Å². The fourth-order valence-corrected chi connectivity index (χ4v) is 9.75. The molecule has 10 amide bonds. The van der Waals surface area contributed by atoms with Crippen LogP contribution in [-0.2, 0) is 62.3 Å². The van der Waals surface area contributed by atoms with Crippen LogP contribution < -0.4 is 53.2 Å². The monoisotopic (exact) mass is 1250 g/mol. The van der Waals surface area contributed by atoms with E-state index in [0.717, 1.165) is 25.7 Å². The Morgan fingerprint density at radius 1 is 0.511 bits per heavy atom. The van der Waals surface area contributed by atoms with Crippen LogP contribution in [0.5, 0.6) is 0 Å². The molecular formula is C61H108N10O17. The average Bonchev–Trinajstić information content (AvgIpc) is 3.62. The zero-order chi connectivity index (χ0) is 67.1. The molecule has 0 saturated carbocycles. The van der Waals surface area contributed by atoms with Gasteiger partial charge in [-0.1, -0.05) is 135 Å². The maximum absolute atomic E-state index is 15.0. The van der Waals surface area contributed by atoms with Gasteiger partial charge in [0.05, 0.1) is 25.7 Å². The van der Waals surface area contributed by atoms with E-state index in [1.165, 1.54) is 6.92 Å². The van der Waals surface area contributed by atoms with Crippen molar-refractivity contribution in [2.24, 2.45) is 35.5 Å². The third-order valence-corrected chi connectivity index (χ3v) is 15.3. The first-order valence-corrected chi connectivity index (χ1v) is 31.6. The molecule has 14 atom stereocenters. The second-order valence-corrected chi connectivity index (χ2v) is 25.2. The predicted octanol–water partition coefficient (Wildman–Crippen LogP) is 1.02. The van der Waals surface area contributed by atoms with Gasteiger partial charge in [0.2, 0.25) is 59.1 Å². The van der Waals surface area contributed by atoms with Crippen molar-refractivity contribution < 1.29 is 82.7 Å². The molecule has 1 heterocycles. The van der Waals surface area contributed by atoms with Gasteiger partial charge in [0.1, 0.15) is 66.5 Å². The van der Waals surface area contributed by atoms with E-state index >= 15 is 0 Å². The van der Waals surface area contributed by atoms with Gasteiger partial charge < -0.3 is 78.3 Å². The number of aliphatic hydroxyl groups is 3. The summed E-state index contributed by atoms with van der Waals surface area (Å²) in [6.45, 7) is 21.9. The van der Waals surface area contributed by atoms with Gasteiger partial charge in [0.25, 0.3) is 0 Å². The van der Waals surface area contributed by atoms with Gasteiger partial charge >= 0.3 is 11.9 Å². The van der Waals surface area contributed by atoms with Crippen LogP contribution >= 0.6 is 0 Å².